The van der Waals surface area contributed by atoms with Crippen LogP contribution in [0.1, 0.15) is 65.2 Å². The van der Waals surface area contributed by atoms with Gasteiger partial charge in [0.05, 0.1) is 30.0 Å². The number of halogens is 1. The number of esters is 1. The summed E-state index contributed by atoms with van der Waals surface area (Å²) in [5.41, 5.74) is 0.611. The molecule has 2 aromatic rings. The third-order valence-corrected chi connectivity index (χ3v) is 6.48. The summed E-state index contributed by atoms with van der Waals surface area (Å²) < 4.78 is 7.67. The summed E-state index contributed by atoms with van der Waals surface area (Å²) in [6.07, 6.45) is 3.31. The van der Waals surface area contributed by atoms with E-state index in [1.54, 1.807) is 11.5 Å². The molecule has 3 atom stereocenters. The zero-order chi connectivity index (χ0) is 22.5. The largest absolute Gasteiger partial charge is 0.466 e. The van der Waals surface area contributed by atoms with E-state index in [2.05, 4.69) is 41.6 Å². The maximum atomic E-state index is 13.5. The lowest BCUT2D eigenvalue weighted by atomic mass is 9.90. The molecule has 1 aliphatic rings. The van der Waals surface area contributed by atoms with Crippen LogP contribution in [0.5, 0.6) is 0 Å². The van der Waals surface area contributed by atoms with Gasteiger partial charge in [-0.15, -0.1) is 0 Å². The van der Waals surface area contributed by atoms with Gasteiger partial charge in [0, 0.05) is 24.1 Å². The molecule has 0 radical (unpaired) electrons. The number of piperidine rings is 1. The van der Waals surface area contributed by atoms with E-state index in [4.69, 9.17) is 9.72 Å². The fourth-order valence-electron chi connectivity index (χ4n) is 4.83. The van der Waals surface area contributed by atoms with Gasteiger partial charge in [-0.25, -0.2) is 4.98 Å². The molecule has 2 heterocycles. The summed E-state index contributed by atoms with van der Waals surface area (Å²) in [6, 6.07) is 5.68. The van der Waals surface area contributed by atoms with Gasteiger partial charge in [0.15, 0.2) is 0 Å². The van der Waals surface area contributed by atoms with Crippen molar-refractivity contribution in [2.45, 2.75) is 66.0 Å². The lowest BCUT2D eigenvalue weighted by molar-refractivity contribution is -0.143. The first kappa shape index (κ1) is 23.9. The van der Waals surface area contributed by atoms with Crippen molar-refractivity contribution < 1.29 is 9.53 Å². The molecular weight excluding hydrogens is 458 g/mol. The molecule has 1 aliphatic heterocycles. The molecule has 0 spiro atoms. The van der Waals surface area contributed by atoms with Gasteiger partial charge in [0.25, 0.3) is 5.56 Å². The second kappa shape index (κ2) is 10.7. The minimum atomic E-state index is -0.290. The molecule has 1 saturated heterocycles. The van der Waals surface area contributed by atoms with Gasteiger partial charge in [-0.2, -0.15) is 0 Å². The average molecular weight is 492 g/mol. The first-order valence-corrected chi connectivity index (χ1v) is 12.2. The normalized spacial score (nSPS) is 20.7. The van der Waals surface area contributed by atoms with Crippen LogP contribution < -0.4 is 5.56 Å². The summed E-state index contributed by atoms with van der Waals surface area (Å²) in [6.45, 7) is 11.2. The number of fused-ring (bicyclic) bond motifs is 1. The number of aromatic nitrogens is 2. The Morgan fingerprint density at radius 1 is 1.26 bits per heavy atom. The number of rotatable bonds is 8. The molecule has 1 fully saturated rings. The molecule has 6 nitrogen and oxygen atoms in total. The van der Waals surface area contributed by atoms with E-state index in [-0.39, 0.29) is 30.5 Å². The Kier molecular flexibility index (Phi) is 8.28. The van der Waals surface area contributed by atoms with Gasteiger partial charge >= 0.3 is 5.97 Å². The van der Waals surface area contributed by atoms with Crippen LogP contribution in [0.2, 0.25) is 0 Å². The van der Waals surface area contributed by atoms with Crippen LogP contribution in [-0.4, -0.2) is 40.1 Å². The summed E-state index contributed by atoms with van der Waals surface area (Å²) in [5, 5.41) is 0.567. The smallest absolute Gasteiger partial charge is 0.307 e. The van der Waals surface area contributed by atoms with E-state index in [9.17, 15) is 9.59 Å². The second-order valence-corrected chi connectivity index (χ2v) is 9.76. The topological polar surface area (TPSA) is 64.4 Å². The molecule has 0 amide bonds. The van der Waals surface area contributed by atoms with Crippen molar-refractivity contribution in [1.29, 1.82) is 0 Å². The molecule has 1 aromatic carbocycles. The highest BCUT2D eigenvalue weighted by molar-refractivity contribution is 9.10. The first-order chi connectivity index (χ1) is 14.8. The molecular formula is C24H34BrN3O3. The predicted octanol–water partition coefficient (Wildman–Crippen LogP) is 4.93. The molecule has 3 rings (SSSR count). The molecule has 0 aliphatic carbocycles. The quantitative estimate of drug-likeness (QED) is 0.489. The van der Waals surface area contributed by atoms with Gasteiger partial charge in [0.1, 0.15) is 5.82 Å². The molecule has 1 unspecified atom stereocenters. The van der Waals surface area contributed by atoms with Crippen LogP contribution in [0.25, 0.3) is 10.9 Å². The summed E-state index contributed by atoms with van der Waals surface area (Å²) in [4.78, 5) is 33.1. The standard InChI is InChI=1S/C24H34BrN3O3/c1-5-7-21(27-14-16(3)12-17(4)15-27)23-26-20-9-8-18(25)13-19(20)24(30)28(23)11-10-22(29)31-6-2/h8-9,13,16-17,21H,5-7,10-12,14-15H2,1-4H3/t16-,17+,21?. The lowest BCUT2D eigenvalue weighted by Crippen LogP contribution is -2.43. The van der Waals surface area contributed by atoms with Crippen molar-refractivity contribution in [2.75, 3.05) is 19.7 Å². The number of hydrogen-bond donors (Lipinski definition) is 0. The minimum Gasteiger partial charge on any atom is -0.466 e. The number of nitrogens with zero attached hydrogens (tertiary/aromatic N) is 3. The van der Waals surface area contributed by atoms with Gasteiger partial charge in [-0.1, -0.05) is 43.1 Å². The van der Waals surface area contributed by atoms with E-state index >= 15 is 0 Å². The minimum absolute atomic E-state index is 0.0538. The van der Waals surface area contributed by atoms with Gasteiger partial charge < -0.3 is 4.74 Å². The molecule has 0 bridgehead atoms. The maximum Gasteiger partial charge on any atom is 0.307 e. The Morgan fingerprint density at radius 2 is 1.97 bits per heavy atom. The van der Waals surface area contributed by atoms with E-state index in [1.165, 1.54) is 6.42 Å². The molecule has 0 saturated carbocycles. The van der Waals surface area contributed by atoms with E-state index in [0.717, 1.165) is 36.2 Å². The van der Waals surface area contributed by atoms with Gasteiger partial charge in [0.2, 0.25) is 0 Å². The van der Waals surface area contributed by atoms with Crippen LogP contribution in [0.3, 0.4) is 0 Å². The summed E-state index contributed by atoms with van der Waals surface area (Å²) in [5.74, 6) is 1.70. The Hall–Kier alpha value is -1.73. The van der Waals surface area contributed by atoms with Crippen molar-refractivity contribution in [3.8, 4) is 0 Å². The zero-order valence-electron chi connectivity index (χ0n) is 19.1. The third kappa shape index (κ3) is 5.75. The Labute approximate surface area is 193 Å². The van der Waals surface area contributed by atoms with Crippen LogP contribution in [0, 0.1) is 11.8 Å². The van der Waals surface area contributed by atoms with Crippen LogP contribution >= 0.6 is 15.9 Å². The molecule has 170 valence electrons. The average Bonchev–Trinajstić information content (AvgIpc) is 2.71. The van der Waals surface area contributed by atoms with Crippen molar-refractivity contribution in [3.63, 3.8) is 0 Å². The fourth-order valence-corrected chi connectivity index (χ4v) is 5.19. The number of ether oxygens (including phenoxy) is 1. The van der Waals surface area contributed by atoms with Crippen LogP contribution in [-0.2, 0) is 16.1 Å². The number of carbonyl (C=O) groups excluding carboxylic acids is 1. The Morgan fingerprint density at radius 3 is 2.61 bits per heavy atom. The zero-order valence-corrected chi connectivity index (χ0v) is 20.7. The molecule has 31 heavy (non-hydrogen) atoms. The first-order valence-electron chi connectivity index (χ1n) is 11.4. The fraction of sp³-hybridized carbons (Fsp3) is 0.625. The van der Waals surface area contributed by atoms with Crippen molar-refractivity contribution in [1.82, 2.24) is 14.5 Å². The highest BCUT2D eigenvalue weighted by atomic mass is 79.9. The highest BCUT2D eigenvalue weighted by Crippen LogP contribution is 2.32. The highest BCUT2D eigenvalue weighted by Gasteiger charge is 2.31. The summed E-state index contributed by atoms with van der Waals surface area (Å²) >= 11 is 3.46. The monoisotopic (exact) mass is 491 g/mol. The van der Waals surface area contributed by atoms with E-state index in [1.807, 2.05) is 18.2 Å². The predicted molar refractivity (Wildman–Crippen MR) is 127 cm³/mol. The van der Waals surface area contributed by atoms with Crippen molar-refractivity contribution in [2.24, 2.45) is 11.8 Å². The van der Waals surface area contributed by atoms with Gasteiger partial charge in [-0.05, 0) is 49.8 Å². The van der Waals surface area contributed by atoms with Crippen LogP contribution in [0.4, 0.5) is 0 Å². The number of hydrogen-bond acceptors (Lipinski definition) is 5. The van der Waals surface area contributed by atoms with Gasteiger partial charge in [-0.3, -0.25) is 19.1 Å². The Balaban J connectivity index is 2.10. The second-order valence-electron chi connectivity index (χ2n) is 8.85. The number of benzene rings is 1. The van der Waals surface area contributed by atoms with E-state index in [0.29, 0.717) is 29.3 Å². The van der Waals surface area contributed by atoms with Crippen molar-refractivity contribution in [3.05, 3.63) is 38.9 Å². The number of likely N-dealkylation sites (tertiary alicyclic amines) is 1. The lowest BCUT2D eigenvalue weighted by Gasteiger charge is -2.40. The maximum absolute atomic E-state index is 13.5. The summed E-state index contributed by atoms with van der Waals surface area (Å²) in [7, 11) is 0. The van der Waals surface area contributed by atoms with E-state index < -0.39 is 0 Å². The number of carbonyl (C=O) groups is 1. The Bertz CT molecular complexity index is 964. The molecule has 0 N–H and O–H groups in total. The molecule has 1 aromatic heterocycles. The molecule has 7 heteroatoms. The third-order valence-electron chi connectivity index (χ3n) is 5.99. The SMILES string of the molecule is CCCC(c1nc2ccc(Br)cc2c(=O)n1CCC(=O)OCC)N1C[C@H](C)C[C@H](C)C1. The van der Waals surface area contributed by atoms with Crippen LogP contribution in [0.15, 0.2) is 27.5 Å². The van der Waals surface area contributed by atoms with Crippen molar-refractivity contribution >= 4 is 32.8 Å².